The van der Waals surface area contributed by atoms with Crippen LogP contribution in [0.4, 0.5) is 5.69 Å². The van der Waals surface area contributed by atoms with E-state index < -0.39 is 5.97 Å². The van der Waals surface area contributed by atoms with Crippen molar-refractivity contribution in [1.29, 1.82) is 0 Å². The molecule has 8 heteroatoms. The van der Waals surface area contributed by atoms with Crippen LogP contribution in [0.2, 0.25) is 0 Å². The molecule has 1 aromatic carbocycles. The van der Waals surface area contributed by atoms with Gasteiger partial charge in [-0.25, -0.2) is 4.79 Å². The predicted octanol–water partition coefficient (Wildman–Crippen LogP) is 3.20. The SMILES string of the molecule is CCCC(=O)NCc1c(I)c(N)c(I)c(C(=O)O)c1I. The summed E-state index contributed by atoms with van der Waals surface area (Å²) in [5, 5.41) is 12.1. The molecule has 0 saturated heterocycles. The molecular formula is C12H13I3N2O3. The van der Waals surface area contributed by atoms with Crippen molar-refractivity contribution in [2.75, 3.05) is 5.73 Å². The lowest BCUT2D eigenvalue weighted by Gasteiger charge is -2.15. The number of carbonyl (C=O) groups is 2. The minimum Gasteiger partial charge on any atom is -0.478 e. The van der Waals surface area contributed by atoms with E-state index in [1.54, 1.807) is 0 Å². The zero-order chi connectivity index (χ0) is 15.4. The second-order valence-corrected chi connectivity index (χ2v) is 7.28. The van der Waals surface area contributed by atoms with Gasteiger partial charge < -0.3 is 16.2 Å². The standard InChI is InChI=1S/C12H13I3N2O3/c1-2-3-6(18)17-4-5-8(13)7(12(19)20)10(15)11(16)9(5)14/h2-4,16H2,1H3,(H,17,18)(H,19,20). The highest BCUT2D eigenvalue weighted by Gasteiger charge is 2.22. The number of benzene rings is 1. The third-order valence-electron chi connectivity index (χ3n) is 2.60. The van der Waals surface area contributed by atoms with E-state index in [-0.39, 0.29) is 18.0 Å². The molecule has 20 heavy (non-hydrogen) atoms. The fraction of sp³-hybridized carbons (Fsp3) is 0.333. The summed E-state index contributed by atoms with van der Waals surface area (Å²) in [7, 11) is 0. The Morgan fingerprint density at radius 2 is 1.80 bits per heavy atom. The van der Waals surface area contributed by atoms with Crippen molar-refractivity contribution >= 4 is 85.3 Å². The van der Waals surface area contributed by atoms with Gasteiger partial charge in [0, 0.05) is 25.7 Å². The van der Waals surface area contributed by atoms with Gasteiger partial charge in [0.05, 0.1) is 14.8 Å². The molecule has 4 N–H and O–H groups in total. The number of aromatic carboxylic acids is 1. The number of hydrogen-bond donors (Lipinski definition) is 3. The number of nitrogens with two attached hydrogens (primary N) is 1. The lowest BCUT2D eigenvalue weighted by Crippen LogP contribution is -2.24. The minimum atomic E-state index is -1.01. The van der Waals surface area contributed by atoms with Crippen LogP contribution in [0.3, 0.4) is 0 Å². The molecule has 0 aliphatic carbocycles. The molecule has 0 atom stereocenters. The molecule has 1 aromatic rings. The highest BCUT2D eigenvalue weighted by Crippen LogP contribution is 2.33. The molecule has 0 heterocycles. The molecule has 0 fully saturated rings. The zero-order valence-corrected chi connectivity index (χ0v) is 17.1. The van der Waals surface area contributed by atoms with E-state index in [4.69, 9.17) is 5.73 Å². The normalized spacial score (nSPS) is 10.4. The molecular weight excluding hydrogens is 601 g/mol. The maximum absolute atomic E-state index is 11.5. The van der Waals surface area contributed by atoms with Crippen LogP contribution in [0, 0.1) is 10.7 Å². The van der Waals surface area contributed by atoms with Crippen LogP contribution in [0.15, 0.2) is 0 Å². The summed E-state index contributed by atoms with van der Waals surface area (Å²) in [6, 6.07) is 0. The molecule has 0 aromatic heterocycles. The Bertz CT molecular complexity index is 562. The van der Waals surface area contributed by atoms with Crippen molar-refractivity contribution in [3.05, 3.63) is 21.8 Å². The Labute approximate surface area is 157 Å². The van der Waals surface area contributed by atoms with E-state index in [0.29, 0.717) is 19.2 Å². The molecule has 1 amide bonds. The lowest BCUT2D eigenvalue weighted by molar-refractivity contribution is -0.121. The van der Waals surface area contributed by atoms with Crippen LogP contribution in [0.1, 0.15) is 35.7 Å². The lowest BCUT2D eigenvalue weighted by atomic mass is 10.1. The smallest absolute Gasteiger partial charge is 0.337 e. The number of anilines is 1. The summed E-state index contributed by atoms with van der Waals surface area (Å²) < 4.78 is 1.95. The summed E-state index contributed by atoms with van der Waals surface area (Å²) in [6.07, 6.45) is 1.23. The number of carbonyl (C=O) groups excluding carboxylic acids is 1. The molecule has 0 spiro atoms. The molecule has 5 nitrogen and oxygen atoms in total. The zero-order valence-electron chi connectivity index (χ0n) is 10.6. The largest absolute Gasteiger partial charge is 0.478 e. The second-order valence-electron chi connectivity index (χ2n) is 4.04. The molecule has 0 aliphatic heterocycles. The topological polar surface area (TPSA) is 92.4 Å². The highest BCUT2D eigenvalue weighted by molar-refractivity contribution is 14.1. The number of halogens is 3. The Morgan fingerprint density at radius 3 is 2.30 bits per heavy atom. The fourth-order valence-electron chi connectivity index (χ4n) is 1.58. The number of nitrogens with one attached hydrogen (secondary N) is 1. The molecule has 0 bridgehead atoms. The van der Waals surface area contributed by atoms with Crippen LogP contribution >= 0.6 is 67.8 Å². The number of nitrogen functional groups attached to an aromatic ring is 1. The van der Waals surface area contributed by atoms with Crippen LogP contribution < -0.4 is 11.1 Å². The average molecular weight is 614 g/mol. The van der Waals surface area contributed by atoms with E-state index in [2.05, 4.69) is 27.9 Å². The number of rotatable bonds is 5. The first-order valence-corrected chi connectivity index (χ1v) is 8.99. The summed E-state index contributed by atoms with van der Waals surface area (Å²) in [6.45, 7) is 2.22. The van der Waals surface area contributed by atoms with E-state index in [1.165, 1.54) is 0 Å². The van der Waals surface area contributed by atoms with Gasteiger partial charge in [-0.05, 0) is 74.2 Å². The van der Waals surface area contributed by atoms with Gasteiger partial charge in [0.2, 0.25) is 5.91 Å². The quantitative estimate of drug-likeness (QED) is 0.352. The number of hydrogen-bond acceptors (Lipinski definition) is 3. The van der Waals surface area contributed by atoms with Crippen LogP contribution in [0.25, 0.3) is 0 Å². The summed E-state index contributed by atoms with van der Waals surface area (Å²) in [5.74, 6) is -1.06. The van der Waals surface area contributed by atoms with E-state index in [1.807, 2.05) is 52.1 Å². The molecule has 1 rings (SSSR count). The van der Waals surface area contributed by atoms with Crippen molar-refractivity contribution < 1.29 is 14.7 Å². The highest BCUT2D eigenvalue weighted by atomic mass is 127. The van der Waals surface area contributed by atoms with Crippen LogP contribution in [-0.2, 0) is 11.3 Å². The number of amides is 1. The van der Waals surface area contributed by atoms with Crippen molar-refractivity contribution in [3.63, 3.8) is 0 Å². The van der Waals surface area contributed by atoms with Gasteiger partial charge in [0.1, 0.15) is 0 Å². The average Bonchev–Trinajstić information content (AvgIpc) is 2.36. The van der Waals surface area contributed by atoms with Gasteiger partial charge in [0.15, 0.2) is 0 Å². The molecule has 0 radical (unpaired) electrons. The van der Waals surface area contributed by atoms with Crippen molar-refractivity contribution in [2.45, 2.75) is 26.3 Å². The van der Waals surface area contributed by atoms with Crippen LogP contribution in [-0.4, -0.2) is 17.0 Å². The summed E-state index contributed by atoms with van der Waals surface area (Å²) in [4.78, 5) is 22.9. The molecule has 0 unspecified atom stereocenters. The first-order chi connectivity index (χ1) is 9.31. The predicted molar refractivity (Wildman–Crippen MR) is 103 cm³/mol. The maximum Gasteiger partial charge on any atom is 0.337 e. The van der Waals surface area contributed by atoms with Crippen LogP contribution in [0.5, 0.6) is 0 Å². The van der Waals surface area contributed by atoms with Gasteiger partial charge >= 0.3 is 5.97 Å². The number of carboxylic acid groups (broad SMARTS) is 1. The van der Waals surface area contributed by atoms with E-state index in [9.17, 15) is 14.7 Å². The summed E-state index contributed by atoms with van der Waals surface area (Å²) >= 11 is 6.02. The molecule has 0 saturated carbocycles. The van der Waals surface area contributed by atoms with Crippen molar-refractivity contribution in [2.24, 2.45) is 0 Å². The third kappa shape index (κ3) is 4.08. The molecule has 110 valence electrons. The second kappa shape index (κ2) is 7.96. The van der Waals surface area contributed by atoms with Gasteiger partial charge in [-0.2, -0.15) is 0 Å². The van der Waals surface area contributed by atoms with Gasteiger partial charge in [0.25, 0.3) is 0 Å². The Kier molecular flexibility index (Phi) is 7.24. The fourth-order valence-corrected chi connectivity index (χ4v) is 5.59. The Balaban J connectivity index is 3.20. The molecule has 0 aliphatic rings. The first kappa shape index (κ1) is 18.2. The van der Waals surface area contributed by atoms with Crippen molar-refractivity contribution in [3.8, 4) is 0 Å². The number of carboxylic acids is 1. The maximum atomic E-state index is 11.5. The van der Waals surface area contributed by atoms with E-state index in [0.717, 1.165) is 15.6 Å². The third-order valence-corrected chi connectivity index (χ3v) is 6.14. The van der Waals surface area contributed by atoms with Gasteiger partial charge in [-0.3, -0.25) is 4.79 Å². The van der Waals surface area contributed by atoms with Gasteiger partial charge in [-0.1, -0.05) is 6.92 Å². The minimum absolute atomic E-state index is 0.0481. The van der Waals surface area contributed by atoms with E-state index >= 15 is 0 Å². The summed E-state index contributed by atoms with van der Waals surface area (Å²) in [5.41, 5.74) is 7.36. The Hall–Kier alpha value is 0.150. The first-order valence-electron chi connectivity index (χ1n) is 5.76. The van der Waals surface area contributed by atoms with Gasteiger partial charge in [-0.15, -0.1) is 0 Å². The monoisotopic (exact) mass is 614 g/mol. The Morgan fingerprint density at radius 1 is 1.20 bits per heavy atom. The van der Waals surface area contributed by atoms with Crippen molar-refractivity contribution in [1.82, 2.24) is 5.32 Å².